The number of ether oxygens (including phenoxy) is 1. The molecule has 2 rings (SSSR count). The van der Waals surface area contributed by atoms with Gasteiger partial charge in [-0.1, -0.05) is 6.92 Å². The molecule has 23 heavy (non-hydrogen) atoms. The Balaban J connectivity index is 2.03. The van der Waals surface area contributed by atoms with E-state index in [0.717, 1.165) is 12.8 Å². The number of methoxy groups -OCH3 is 1. The molecule has 130 valence electrons. The number of hydrogen-bond acceptors (Lipinski definition) is 4. The Morgan fingerprint density at radius 1 is 1.26 bits per heavy atom. The highest BCUT2D eigenvalue weighted by atomic mass is 16.5. The summed E-state index contributed by atoms with van der Waals surface area (Å²) in [5.41, 5.74) is 0. The first-order valence-corrected chi connectivity index (χ1v) is 8.31. The van der Waals surface area contributed by atoms with Gasteiger partial charge in [0.2, 0.25) is 11.8 Å². The molecule has 0 bridgehead atoms. The molecule has 2 saturated heterocycles. The molecule has 0 aromatic carbocycles. The van der Waals surface area contributed by atoms with Gasteiger partial charge in [-0.25, -0.2) is 4.79 Å². The summed E-state index contributed by atoms with van der Waals surface area (Å²) in [6.07, 6.45) is 2.86. The van der Waals surface area contributed by atoms with Gasteiger partial charge in [-0.2, -0.15) is 0 Å². The van der Waals surface area contributed by atoms with Crippen molar-refractivity contribution in [1.82, 2.24) is 9.80 Å². The number of carbonyl (C=O) groups is 3. The summed E-state index contributed by atoms with van der Waals surface area (Å²) in [4.78, 5) is 39.4. The minimum absolute atomic E-state index is 0.0796. The number of piperidine rings is 1. The van der Waals surface area contributed by atoms with Gasteiger partial charge >= 0.3 is 5.97 Å². The van der Waals surface area contributed by atoms with Gasteiger partial charge in [-0.05, 0) is 19.3 Å². The lowest BCUT2D eigenvalue weighted by Crippen LogP contribution is -2.49. The number of carbonyl (C=O) groups excluding carboxylic acids is 2. The Labute approximate surface area is 136 Å². The van der Waals surface area contributed by atoms with Crippen LogP contribution in [0, 0.1) is 5.92 Å². The predicted molar refractivity (Wildman–Crippen MR) is 82.8 cm³/mol. The Morgan fingerprint density at radius 3 is 2.61 bits per heavy atom. The molecule has 3 atom stereocenters. The molecular weight excluding hydrogens is 300 g/mol. The second kappa shape index (κ2) is 7.77. The Morgan fingerprint density at radius 2 is 2.00 bits per heavy atom. The summed E-state index contributed by atoms with van der Waals surface area (Å²) in [6, 6.07) is -0.825. The largest absolute Gasteiger partial charge is 0.480 e. The molecule has 0 saturated carbocycles. The summed E-state index contributed by atoms with van der Waals surface area (Å²) in [5, 5.41) is 9.34. The van der Waals surface area contributed by atoms with Crippen molar-refractivity contribution in [2.45, 2.75) is 51.2 Å². The maximum Gasteiger partial charge on any atom is 0.326 e. The van der Waals surface area contributed by atoms with Crippen LogP contribution in [0.25, 0.3) is 0 Å². The molecule has 0 aliphatic carbocycles. The van der Waals surface area contributed by atoms with Crippen LogP contribution in [0.2, 0.25) is 0 Å². The van der Waals surface area contributed by atoms with E-state index >= 15 is 0 Å². The van der Waals surface area contributed by atoms with Crippen LogP contribution < -0.4 is 0 Å². The number of carboxylic acids is 1. The first-order chi connectivity index (χ1) is 11.0. The van der Waals surface area contributed by atoms with Gasteiger partial charge in [0.1, 0.15) is 6.04 Å². The molecule has 0 spiro atoms. The fourth-order valence-corrected chi connectivity index (χ4v) is 3.46. The van der Waals surface area contributed by atoms with Gasteiger partial charge in [0, 0.05) is 39.6 Å². The highest BCUT2D eigenvalue weighted by Gasteiger charge is 2.42. The van der Waals surface area contributed by atoms with E-state index in [1.807, 2.05) is 6.92 Å². The van der Waals surface area contributed by atoms with Gasteiger partial charge in [0.25, 0.3) is 0 Å². The Bertz CT molecular complexity index is 467. The number of nitrogens with zero attached hydrogens (tertiary/aromatic N) is 2. The number of amides is 2. The Kier molecular flexibility index (Phi) is 5.98. The van der Waals surface area contributed by atoms with Crippen LogP contribution in [0.5, 0.6) is 0 Å². The van der Waals surface area contributed by atoms with E-state index in [4.69, 9.17) is 4.74 Å². The van der Waals surface area contributed by atoms with E-state index in [0.29, 0.717) is 38.9 Å². The molecule has 1 N–H and O–H groups in total. The molecular formula is C16H26N2O5. The lowest BCUT2D eigenvalue weighted by Gasteiger charge is -2.35. The van der Waals surface area contributed by atoms with E-state index in [9.17, 15) is 19.5 Å². The third kappa shape index (κ3) is 4.02. The number of hydrogen-bond donors (Lipinski definition) is 1. The number of rotatable bonds is 5. The molecule has 7 nitrogen and oxygen atoms in total. The highest BCUT2D eigenvalue weighted by Crippen LogP contribution is 2.26. The van der Waals surface area contributed by atoms with Crippen molar-refractivity contribution in [3.05, 3.63) is 0 Å². The summed E-state index contributed by atoms with van der Waals surface area (Å²) < 4.78 is 5.23. The quantitative estimate of drug-likeness (QED) is 0.804. The average Bonchev–Trinajstić information content (AvgIpc) is 2.99. The van der Waals surface area contributed by atoms with E-state index in [2.05, 4.69) is 0 Å². The highest BCUT2D eigenvalue weighted by molar-refractivity contribution is 5.86. The van der Waals surface area contributed by atoms with Crippen molar-refractivity contribution in [2.24, 2.45) is 5.92 Å². The lowest BCUT2D eigenvalue weighted by molar-refractivity contribution is -0.151. The second-order valence-corrected chi connectivity index (χ2v) is 6.37. The molecule has 3 unspecified atom stereocenters. The van der Waals surface area contributed by atoms with E-state index in [-0.39, 0.29) is 23.8 Å². The van der Waals surface area contributed by atoms with Crippen LogP contribution in [0.3, 0.4) is 0 Å². The van der Waals surface area contributed by atoms with Crippen LogP contribution in [0.1, 0.15) is 39.0 Å². The van der Waals surface area contributed by atoms with Gasteiger partial charge in [0.05, 0.1) is 12.0 Å². The maximum absolute atomic E-state index is 12.8. The number of likely N-dealkylation sites (tertiary alicyclic amines) is 2. The van der Waals surface area contributed by atoms with Crippen molar-refractivity contribution in [3.8, 4) is 0 Å². The van der Waals surface area contributed by atoms with Crippen molar-refractivity contribution < 1.29 is 24.2 Å². The van der Waals surface area contributed by atoms with Crippen LogP contribution in [0.4, 0.5) is 0 Å². The smallest absolute Gasteiger partial charge is 0.326 e. The van der Waals surface area contributed by atoms with Crippen molar-refractivity contribution in [2.75, 3.05) is 26.7 Å². The zero-order valence-corrected chi connectivity index (χ0v) is 13.9. The van der Waals surface area contributed by atoms with Crippen LogP contribution in [0.15, 0.2) is 0 Å². The first kappa shape index (κ1) is 17.7. The van der Waals surface area contributed by atoms with E-state index in [1.165, 1.54) is 12.0 Å². The number of aliphatic carboxylic acids is 1. The van der Waals surface area contributed by atoms with Crippen LogP contribution >= 0.6 is 0 Å². The standard InChI is InChI=1S/C16H26N2O5/c1-3-5-14(19)17-7-4-6-11(9-17)15(20)18-10-12(23-2)8-13(18)16(21)22/h11-13H,3-10H2,1-2H3,(H,21,22). The molecule has 0 radical (unpaired) electrons. The molecule has 2 amide bonds. The normalized spacial score (nSPS) is 28.0. The molecule has 2 aliphatic rings. The Hall–Kier alpha value is -1.63. The van der Waals surface area contributed by atoms with Crippen molar-refractivity contribution in [3.63, 3.8) is 0 Å². The molecule has 2 heterocycles. The maximum atomic E-state index is 12.8. The van der Waals surface area contributed by atoms with Gasteiger partial charge in [-0.15, -0.1) is 0 Å². The fourth-order valence-electron chi connectivity index (χ4n) is 3.46. The zero-order chi connectivity index (χ0) is 17.0. The summed E-state index contributed by atoms with van der Waals surface area (Å²) in [7, 11) is 1.53. The first-order valence-electron chi connectivity index (χ1n) is 8.31. The third-order valence-electron chi connectivity index (χ3n) is 4.75. The molecule has 7 heteroatoms. The third-order valence-corrected chi connectivity index (χ3v) is 4.75. The zero-order valence-electron chi connectivity index (χ0n) is 13.9. The molecule has 2 aliphatic heterocycles. The van der Waals surface area contributed by atoms with Gasteiger partial charge in [-0.3, -0.25) is 9.59 Å². The SMILES string of the molecule is CCCC(=O)N1CCCC(C(=O)N2CC(OC)CC2C(=O)O)C1. The van der Waals surface area contributed by atoms with Crippen LogP contribution in [-0.2, 0) is 19.1 Å². The minimum atomic E-state index is -0.993. The van der Waals surface area contributed by atoms with Crippen LogP contribution in [-0.4, -0.2) is 71.6 Å². The van der Waals surface area contributed by atoms with Crippen molar-refractivity contribution >= 4 is 17.8 Å². The second-order valence-electron chi connectivity index (χ2n) is 6.37. The van der Waals surface area contributed by atoms with E-state index < -0.39 is 12.0 Å². The summed E-state index contributed by atoms with van der Waals surface area (Å²) >= 11 is 0. The molecule has 2 fully saturated rings. The average molecular weight is 326 g/mol. The van der Waals surface area contributed by atoms with Gasteiger partial charge in [0.15, 0.2) is 0 Å². The lowest BCUT2D eigenvalue weighted by atomic mass is 9.95. The number of carboxylic acid groups (broad SMARTS) is 1. The fraction of sp³-hybridized carbons (Fsp3) is 0.812. The molecule has 0 aromatic heterocycles. The predicted octanol–water partition coefficient (Wildman–Crippen LogP) is 0.726. The minimum Gasteiger partial charge on any atom is -0.480 e. The monoisotopic (exact) mass is 326 g/mol. The van der Waals surface area contributed by atoms with Gasteiger partial charge < -0.3 is 19.6 Å². The molecule has 0 aromatic rings. The van der Waals surface area contributed by atoms with Crippen molar-refractivity contribution in [1.29, 1.82) is 0 Å². The topological polar surface area (TPSA) is 87.2 Å². The summed E-state index contributed by atoms with van der Waals surface area (Å²) in [5.74, 6) is -1.38. The summed E-state index contributed by atoms with van der Waals surface area (Å²) in [6.45, 7) is 3.35. The van der Waals surface area contributed by atoms with E-state index in [1.54, 1.807) is 4.90 Å².